The van der Waals surface area contributed by atoms with E-state index in [2.05, 4.69) is 5.32 Å². The van der Waals surface area contributed by atoms with E-state index in [0.717, 1.165) is 0 Å². The van der Waals surface area contributed by atoms with Gasteiger partial charge in [0.2, 0.25) is 0 Å². The van der Waals surface area contributed by atoms with E-state index in [4.69, 9.17) is 5.73 Å². The summed E-state index contributed by atoms with van der Waals surface area (Å²) in [6.07, 6.45) is 4.35. The lowest BCUT2D eigenvalue weighted by atomic mass is 9.84. The summed E-state index contributed by atoms with van der Waals surface area (Å²) in [6, 6.07) is 0. The molecule has 0 radical (unpaired) electrons. The first kappa shape index (κ1) is 3.87. The van der Waals surface area contributed by atoms with Gasteiger partial charge in [0, 0.05) is 5.54 Å². The molecule has 1 atom stereocenters. The van der Waals surface area contributed by atoms with Crippen LogP contribution in [0.5, 0.6) is 0 Å². The monoisotopic (exact) mass is 98.1 g/mol. The Balaban J connectivity index is 2.05. The molecular formula is C5H10N2. The lowest BCUT2D eigenvalue weighted by Crippen LogP contribution is -2.29. The zero-order valence-corrected chi connectivity index (χ0v) is 4.28. The molecule has 2 heteroatoms. The van der Waals surface area contributed by atoms with Crippen LogP contribution >= 0.6 is 0 Å². The van der Waals surface area contributed by atoms with Crippen LogP contribution in [0.2, 0.25) is 0 Å². The van der Waals surface area contributed by atoms with Crippen molar-refractivity contribution in [2.45, 2.75) is 31.0 Å². The Bertz CT molecular complexity index is 90.7. The summed E-state index contributed by atoms with van der Waals surface area (Å²) in [5, 5.41) is 3.22. The van der Waals surface area contributed by atoms with Crippen molar-refractivity contribution in [3.8, 4) is 0 Å². The minimum absolute atomic E-state index is 0.348. The zero-order chi connectivity index (χ0) is 4.91. The third kappa shape index (κ3) is 0.318. The first-order valence-electron chi connectivity index (χ1n) is 2.87. The number of nitrogens with one attached hydrogen (secondary N) is 1. The number of hydrogen-bond donors (Lipinski definition) is 2. The highest BCUT2D eigenvalue weighted by Gasteiger charge is 2.55. The zero-order valence-electron chi connectivity index (χ0n) is 4.28. The molecule has 7 heavy (non-hydrogen) atoms. The van der Waals surface area contributed by atoms with Crippen LogP contribution < -0.4 is 11.1 Å². The van der Waals surface area contributed by atoms with Crippen LogP contribution in [0.15, 0.2) is 0 Å². The fourth-order valence-corrected chi connectivity index (χ4v) is 1.28. The highest BCUT2D eigenvalue weighted by atomic mass is 15.3. The Labute approximate surface area is 43.1 Å². The van der Waals surface area contributed by atoms with Crippen LogP contribution in [0.25, 0.3) is 0 Å². The summed E-state index contributed by atoms with van der Waals surface area (Å²) in [7, 11) is 0. The van der Waals surface area contributed by atoms with E-state index >= 15 is 0 Å². The summed E-state index contributed by atoms with van der Waals surface area (Å²) < 4.78 is 0. The van der Waals surface area contributed by atoms with Crippen molar-refractivity contribution in [2.75, 3.05) is 0 Å². The fraction of sp³-hybridized carbons (Fsp3) is 1.00. The van der Waals surface area contributed by atoms with Gasteiger partial charge in [0.05, 0.1) is 6.17 Å². The Morgan fingerprint density at radius 2 is 2.14 bits per heavy atom. The largest absolute Gasteiger partial charge is 0.314 e. The van der Waals surface area contributed by atoms with Gasteiger partial charge in [-0.05, 0) is 19.3 Å². The molecule has 1 aliphatic heterocycles. The quantitative estimate of drug-likeness (QED) is 0.412. The molecule has 40 valence electrons. The predicted molar refractivity (Wildman–Crippen MR) is 27.7 cm³/mol. The molecule has 1 spiro atoms. The van der Waals surface area contributed by atoms with Gasteiger partial charge >= 0.3 is 0 Å². The molecule has 2 aliphatic rings. The van der Waals surface area contributed by atoms with Crippen LogP contribution in [0.1, 0.15) is 19.3 Å². The molecule has 0 aromatic carbocycles. The third-order valence-corrected chi connectivity index (χ3v) is 2.20. The Morgan fingerprint density at radius 3 is 2.14 bits per heavy atom. The van der Waals surface area contributed by atoms with Gasteiger partial charge in [-0.1, -0.05) is 0 Å². The molecule has 1 unspecified atom stereocenters. The van der Waals surface area contributed by atoms with Crippen LogP contribution in [0.4, 0.5) is 0 Å². The SMILES string of the molecule is NC1NC12CCC2. The van der Waals surface area contributed by atoms with E-state index in [0.29, 0.717) is 11.7 Å². The highest BCUT2D eigenvalue weighted by molar-refractivity contribution is 5.15. The summed E-state index contributed by atoms with van der Waals surface area (Å²) in [5.41, 5.74) is 6.01. The molecule has 2 fully saturated rings. The number of hydrogen-bond acceptors (Lipinski definition) is 2. The minimum Gasteiger partial charge on any atom is -0.314 e. The van der Waals surface area contributed by atoms with E-state index in [1.165, 1.54) is 19.3 Å². The number of nitrogens with two attached hydrogens (primary N) is 1. The van der Waals surface area contributed by atoms with E-state index in [-0.39, 0.29) is 0 Å². The third-order valence-electron chi connectivity index (χ3n) is 2.20. The van der Waals surface area contributed by atoms with Gasteiger partial charge in [-0.2, -0.15) is 0 Å². The number of rotatable bonds is 0. The first-order valence-corrected chi connectivity index (χ1v) is 2.87. The van der Waals surface area contributed by atoms with E-state index in [1.807, 2.05) is 0 Å². The smallest absolute Gasteiger partial charge is 0.0739 e. The van der Waals surface area contributed by atoms with Gasteiger partial charge in [0.15, 0.2) is 0 Å². The molecule has 1 saturated carbocycles. The van der Waals surface area contributed by atoms with Crippen molar-refractivity contribution in [1.82, 2.24) is 5.32 Å². The summed E-state index contributed by atoms with van der Waals surface area (Å²) >= 11 is 0. The average Bonchev–Trinajstić information content (AvgIpc) is 2.10. The lowest BCUT2D eigenvalue weighted by Gasteiger charge is -2.22. The van der Waals surface area contributed by atoms with Gasteiger partial charge in [-0.25, -0.2) is 0 Å². The maximum Gasteiger partial charge on any atom is 0.0739 e. The molecule has 0 bridgehead atoms. The molecule has 2 nitrogen and oxygen atoms in total. The van der Waals surface area contributed by atoms with Gasteiger partial charge < -0.3 is 5.73 Å². The molecular weight excluding hydrogens is 88.1 g/mol. The predicted octanol–water partition coefficient (Wildman–Crippen LogP) is -0.203. The molecule has 1 aliphatic carbocycles. The molecule has 1 heterocycles. The Kier molecular flexibility index (Phi) is 0.474. The van der Waals surface area contributed by atoms with E-state index in [9.17, 15) is 0 Å². The maximum absolute atomic E-state index is 5.55. The molecule has 0 aromatic heterocycles. The average molecular weight is 98.1 g/mol. The second kappa shape index (κ2) is 0.858. The minimum atomic E-state index is 0.348. The van der Waals surface area contributed by atoms with Crippen molar-refractivity contribution in [3.63, 3.8) is 0 Å². The van der Waals surface area contributed by atoms with Crippen molar-refractivity contribution in [2.24, 2.45) is 5.73 Å². The molecule has 3 N–H and O–H groups in total. The summed E-state index contributed by atoms with van der Waals surface area (Å²) in [4.78, 5) is 0. The van der Waals surface area contributed by atoms with Gasteiger partial charge in [-0.15, -0.1) is 0 Å². The van der Waals surface area contributed by atoms with Crippen LogP contribution in [-0.4, -0.2) is 11.7 Å². The van der Waals surface area contributed by atoms with Crippen molar-refractivity contribution >= 4 is 0 Å². The Hall–Kier alpha value is -0.0800. The maximum atomic E-state index is 5.55. The fourth-order valence-electron chi connectivity index (χ4n) is 1.28. The van der Waals surface area contributed by atoms with Gasteiger partial charge in [-0.3, -0.25) is 5.32 Å². The van der Waals surface area contributed by atoms with Crippen molar-refractivity contribution < 1.29 is 0 Å². The lowest BCUT2D eigenvalue weighted by molar-refractivity contribution is 0.365. The van der Waals surface area contributed by atoms with E-state index < -0.39 is 0 Å². The van der Waals surface area contributed by atoms with Crippen LogP contribution in [-0.2, 0) is 0 Å². The normalized spacial score (nSPS) is 43.3. The van der Waals surface area contributed by atoms with Crippen LogP contribution in [0, 0.1) is 0 Å². The molecule has 0 amide bonds. The van der Waals surface area contributed by atoms with Gasteiger partial charge in [0.25, 0.3) is 0 Å². The van der Waals surface area contributed by atoms with E-state index in [1.54, 1.807) is 0 Å². The highest BCUT2D eigenvalue weighted by Crippen LogP contribution is 2.42. The second-order valence-corrected chi connectivity index (χ2v) is 2.63. The summed E-state index contributed by atoms with van der Waals surface area (Å²) in [6.45, 7) is 0. The van der Waals surface area contributed by atoms with Gasteiger partial charge in [0.1, 0.15) is 0 Å². The van der Waals surface area contributed by atoms with Crippen LogP contribution in [0.3, 0.4) is 0 Å². The molecule has 1 saturated heterocycles. The van der Waals surface area contributed by atoms with Crippen molar-refractivity contribution in [3.05, 3.63) is 0 Å². The topological polar surface area (TPSA) is 48.0 Å². The molecule has 2 rings (SSSR count). The standard InChI is InChI=1S/C5H10N2/c6-4-5(7-4)2-1-3-5/h4,7H,1-3,6H2. The van der Waals surface area contributed by atoms with Crippen molar-refractivity contribution in [1.29, 1.82) is 0 Å². The second-order valence-electron chi connectivity index (χ2n) is 2.63. The molecule has 0 aromatic rings. The summed E-state index contributed by atoms with van der Waals surface area (Å²) in [5.74, 6) is 0. The first-order chi connectivity index (χ1) is 3.33. The Morgan fingerprint density at radius 1 is 1.57 bits per heavy atom.